The third-order valence-corrected chi connectivity index (χ3v) is 5.37. The van der Waals surface area contributed by atoms with E-state index in [2.05, 4.69) is 17.2 Å². The molecule has 1 aromatic heterocycles. The van der Waals surface area contributed by atoms with Crippen molar-refractivity contribution in [2.75, 3.05) is 12.4 Å². The van der Waals surface area contributed by atoms with Gasteiger partial charge in [-0.3, -0.25) is 4.79 Å². The van der Waals surface area contributed by atoms with Gasteiger partial charge in [-0.05, 0) is 74.0 Å². The smallest absolute Gasteiger partial charge is 0.255 e. The molecule has 0 bridgehead atoms. The second-order valence-electron chi connectivity index (χ2n) is 7.37. The summed E-state index contributed by atoms with van der Waals surface area (Å²) in [6, 6.07) is 17.7. The van der Waals surface area contributed by atoms with Gasteiger partial charge in [-0.25, -0.2) is 4.98 Å². The second kappa shape index (κ2) is 9.32. The lowest BCUT2D eigenvalue weighted by atomic mass is 10.2. The zero-order valence-corrected chi connectivity index (χ0v) is 18.8. The average Bonchev–Trinajstić information content (AvgIpc) is 3.23. The standard InChI is InChI=1S/C25H23ClN2O4/c1-4-15(2)31-19-9-5-16(6-10-19)24(29)27-18-8-12-23-21(14-18)28-25(32-23)17-7-11-22(30-3)20(26)13-17/h5-15H,4H2,1-3H3,(H,27,29). The molecule has 1 unspecified atom stereocenters. The lowest BCUT2D eigenvalue weighted by Crippen LogP contribution is -2.12. The van der Waals surface area contributed by atoms with Crippen molar-refractivity contribution < 1.29 is 18.7 Å². The molecular formula is C25H23ClN2O4. The minimum absolute atomic E-state index is 0.127. The molecule has 0 fully saturated rings. The molecule has 1 atom stereocenters. The van der Waals surface area contributed by atoms with E-state index in [0.717, 1.165) is 17.7 Å². The highest BCUT2D eigenvalue weighted by Gasteiger charge is 2.13. The van der Waals surface area contributed by atoms with Crippen molar-refractivity contribution in [1.82, 2.24) is 4.98 Å². The van der Waals surface area contributed by atoms with Gasteiger partial charge in [0.15, 0.2) is 5.58 Å². The fourth-order valence-corrected chi connectivity index (χ4v) is 3.39. The van der Waals surface area contributed by atoms with Crippen LogP contribution < -0.4 is 14.8 Å². The normalized spacial score (nSPS) is 11.9. The topological polar surface area (TPSA) is 73.6 Å². The van der Waals surface area contributed by atoms with Crippen molar-refractivity contribution in [2.24, 2.45) is 0 Å². The van der Waals surface area contributed by atoms with Crippen LogP contribution in [0.15, 0.2) is 65.1 Å². The first-order valence-corrected chi connectivity index (χ1v) is 10.7. The highest BCUT2D eigenvalue weighted by molar-refractivity contribution is 6.32. The summed E-state index contributed by atoms with van der Waals surface area (Å²) >= 11 is 6.21. The van der Waals surface area contributed by atoms with E-state index in [4.69, 9.17) is 25.5 Å². The quantitative estimate of drug-likeness (QED) is 0.344. The number of fused-ring (bicyclic) bond motifs is 1. The Hall–Kier alpha value is -3.51. The molecule has 164 valence electrons. The molecule has 0 aliphatic heterocycles. The molecule has 0 saturated carbocycles. The van der Waals surface area contributed by atoms with Gasteiger partial charge >= 0.3 is 0 Å². The number of aromatic nitrogens is 1. The van der Waals surface area contributed by atoms with Gasteiger partial charge in [0.05, 0.1) is 18.2 Å². The molecule has 0 radical (unpaired) electrons. The molecule has 4 aromatic rings. The van der Waals surface area contributed by atoms with E-state index in [0.29, 0.717) is 39.0 Å². The highest BCUT2D eigenvalue weighted by Crippen LogP contribution is 2.32. The van der Waals surface area contributed by atoms with Crippen LogP contribution in [0.1, 0.15) is 30.6 Å². The number of carbonyl (C=O) groups excluding carboxylic acids is 1. The Labute approximate surface area is 191 Å². The number of nitrogens with zero attached hydrogens (tertiary/aromatic N) is 1. The van der Waals surface area contributed by atoms with Crippen LogP contribution in [-0.4, -0.2) is 24.1 Å². The maximum atomic E-state index is 12.6. The molecule has 0 spiro atoms. The average molecular weight is 451 g/mol. The first-order chi connectivity index (χ1) is 15.5. The lowest BCUT2D eigenvalue weighted by molar-refractivity contribution is 0.102. The van der Waals surface area contributed by atoms with Crippen molar-refractivity contribution in [1.29, 1.82) is 0 Å². The van der Waals surface area contributed by atoms with Crippen molar-refractivity contribution in [2.45, 2.75) is 26.4 Å². The number of oxazole rings is 1. The van der Waals surface area contributed by atoms with Crippen LogP contribution in [0.5, 0.6) is 11.5 Å². The number of anilines is 1. The zero-order valence-electron chi connectivity index (χ0n) is 18.0. The molecule has 1 N–H and O–H groups in total. The number of hydrogen-bond donors (Lipinski definition) is 1. The van der Waals surface area contributed by atoms with E-state index in [1.807, 2.05) is 13.0 Å². The van der Waals surface area contributed by atoms with Crippen LogP contribution in [0.3, 0.4) is 0 Å². The molecule has 1 amide bonds. The predicted molar refractivity (Wildman–Crippen MR) is 126 cm³/mol. The Morgan fingerprint density at radius 2 is 1.91 bits per heavy atom. The molecule has 7 heteroatoms. The van der Waals surface area contributed by atoms with Crippen LogP contribution in [0.2, 0.25) is 5.02 Å². The van der Waals surface area contributed by atoms with Gasteiger partial charge in [0.25, 0.3) is 5.91 Å². The van der Waals surface area contributed by atoms with Gasteiger partial charge in [0.2, 0.25) is 5.89 Å². The highest BCUT2D eigenvalue weighted by atomic mass is 35.5. The number of nitrogens with one attached hydrogen (secondary N) is 1. The zero-order chi connectivity index (χ0) is 22.7. The molecule has 1 heterocycles. The van der Waals surface area contributed by atoms with Gasteiger partial charge in [0, 0.05) is 16.8 Å². The molecule has 6 nitrogen and oxygen atoms in total. The lowest BCUT2D eigenvalue weighted by Gasteiger charge is -2.12. The van der Waals surface area contributed by atoms with Gasteiger partial charge in [-0.1, -0.05) is 18.5 Å². The van der Waals surface area contributed by atoms with E-state index in [9.17, 15) is 4.79 Å². The molecule has 0 aliphatic carbocycles. The molecular weight excluding hydrogens is 428 g/mol. The van der Waals surface area contributed by atoms with Crippen LogP contribution in [-0.2, 0) is 0 Å². The monoisotopic (exact) mass is 450 g/mol. The summed E-state index contributed by atoms with van der Waals surface area (Å²) in [7, 11) is 1.56. The second-order valence-corrected chi connectivity index (χ2v) is 7.77. The third-order valence-electron chi connectivity index (χ3n) is 5.07. The Morgan fingerprint density at radius 1 is 1.12 bits per heavy atom. The van der Waals surface area contributed by atoms with Crippen molar-refractivity contribution >= 4 is 34.3 Å². The van der Waals surface area contributed by atoms with Crippen molar-refractivity contribution in [3.8, 4) is 23.0 Å². The largest absolute Gasteiger partial charge is 0.495 e. The minimum atomic E-state index is -0.218. The van der Waals surface area contributed by atoms with Crippen LogP contribution >= 0.6 is 11.6 Å². The number of carbonyl (C=O) groups is 1. The van der Waals surface area contributed by atoms with Crippen LogP contribution in [0.25, 0.3) is 22.6 Å². The number of benzene rings is 3. The van der Waals surface area contributed by atoms with Crippen LogP contribution in [0, 0.1) is 0 Å². The molecule has 32 heavy (non-hydrogen) atoms. The van der Waals surface area contributed by atoms with E-state index in [1.54, 1.807) is 61.7 Å². The van der Waals surface area contributed by atoms with Gasteiger partial charge in [0.1, 0.15) is 17.0 Å². The summed E-state index contributed by atoms with van der Waals surface area (Å²) in [5.74, 6) is 1.54. The number of rotatable bonds is 7. The van der Waals surface area contributed by atoms with Gasteiger partial charge < -0.3 is 19.2 Å². The van der Waals surface area contributed by atoms with Gasteiger partial charge in [-0.2, -0.15) is 0 Å². The van der Waals surface area contributed by atoms with E-state index in [1.165, 1.54) is 0 Å². The molecule has 4 rings (SSSR count). The number of hydrogen-bond acceptors (Lipinski definition) is 5. The van der Waals surface area contributed by atoms with E-state index < -0.39 is 0 Å². The predicted octanol–water partition coefficient (Wildman–Crippen LogP) is 6.59. The first-order valence-electron chi connectivity index (χ1n) is 10.3. The first kappa shape index (κ1) is 21.7. The van der Waals surface area contributed by atoms with Crippen molar-refractivity contribution in [3.63, 3.8) is 0 Å². The summed E-state index contributed by atoms with van der Waals surface area (Å²) in [6.45, 7) is 4.07. The number of methoxy groups -OCH3 is 1. The Kier molecular flexibility index (Phi) is 6.32. The Bertz CT molecular complexity index is 1250. The minimum Gasteiger partial charge on any atom is -0.495 e. The Morgan fingerprint density at radius 3 is 2.59 bits per heavy atom. The van der Waals surface area contributed by atoms with Crippen molar-refractivity contribution in [3.05, 3.63) is 71.2 Å². The fraction of sp³-hybridized carbons (Fsp3) is 0.200. The summed E-state index contributed by atoms with van der Waals surface area (Å²) in [5.41, 5.74) is 3.13. The maximum Gasteiger partial charge on any atom is 0.255 e. The fourth-order valence-electron chi connectivity index (χ4n) is 3.13. The maximum absolute atomic E-state index is 12.6. The number of ether oxygens (including phenoxy) is 2. The van der Waals surface area contributed by atoms with E-state index in [-0.39, 0.29) is 12.0 Å². The summed E-state index contributed by atoms with van der Waals surface area (Å²) < 4.78 is 16.8. The van der Waals surface area contributed by atoms with E-state index >= 15 is 0 Å². The summed E-state index contributed by atoms with van der Waals surface area (Å²) in [5, 5.41) is 3.37. The number of amides is 1. The van der Waals surface area contributed by atoms with Crippen LogP contribution in [0.4, 0.5) is 5.69 Å². The third kappa shape index (κ3) is 4.70. The Balaban J connectivity index is 1.50. The summed E-state index contributed by atoms with van der Waals surface area (Å²) in [6.07, 6.45) is 1.04. The number of halogens is 1. The summed E-state index contributed by atoms with van der Waals surface area (Å²) in [4.78, 5) is 17.2. The molecule has 3 aromatic carbocycles. The molecule has 0 aliphatic rings. The van der Waals surface area contributed by atoms with Gasteiger partial charge in [-0.15, -0.1) is 0 Å². The molecule has 0 saturated heterocycles. The SMILES string of the molecule is CCC(C)Oc1ccc(C(=O)Nc2ccc3oc(-c4ccc(OC)c(Cl)c4)nc3c2)cc1.